The standard InChI is InChI=1S/C17H18FN5O/c18-14-3-1-2-13(6-14)17-21-15(10-24-17)8-19-7-12-4-5-16-22-20-11-23(16)9-12/h1-3,6,10-12,19H,4-5,7-9H2/t12-/m1/s1. The van der Waals surface area contributed by atoms with Gasteiger partial charge in [-0.2, -0.15) is 0 Å². The smallest absolute Gasteiger partial charge is 0.226 e. The Balaban J connectivity index is 1.31. The minimum Gasteiger partial charge on any atom is -0.444 e. The first-order valence-corrected chi connectivity index (χ1v) is 8.05. The highest BCUT2D eigenvalue weighted by molar-refractivity contribution is 5.52. The minimum atomic E-state index is -0.295. The zero-order chi connectivity index (χ0) is 16.4. The zero-order valence-electron chi connectivity index (χ0n) is 13.2. The molecule has 2 aromatic heterocycles. The van der Waals surface area contributed by atoms with Crippen LogP contribution in [0.15, 0.2) is 41.3 Å². The molecule has 7 heteroatoms. The molecule has 0 aliphatic carbocycles. The molecule has 124 valence electrons. The predicted octanol–water partition coefficient (Wildman–Crippen LogP) is 2.42. The van der Waals surface area contributed by atoms with Crippen LogP contribution < -0.4 is 5.32 Å². The van der Waals surface area contributed by atoms with Crippen LogP contribution in [0.2, 0.25) is 0 Å². The molecule has 24 heavy (non-hydrogen) atoms. The number of nitrogens with one attached hydrogen (secondary N) is 1. The molecule has 0 saturated carbocycles. The first-order valence-electron chi connectivity index (χ1n) is 8.05. The van der Waals surface area contributed by atoms with E-state index < -0.39 is 0 Å². The van der Waals surface area contributed by atoms with Crippen LogP contribution in [0.4, 0.5) is 4.39 Å². The lowest BCUT2D eigenvalue weighted by molar-refractivity contribution is 0.347. The van der Waals surface area contributed by atoms with Gasteiger partial charge in [-0.05, 0) is 30.5 Å². The van der Waals surface area contributed by atoms with Crippen LogP contribution in [0.3, 0.4) is 0 Å². The SMILES string of the molecule is Fc1cccc(-c2nc(CNC[C@H]3CCc4nncn4C3)co2)c1. The summed E-state index contributed by atoms with van der Waals surface area (Å²) < 4.78 is 20.8. The Morgan fingerprint density at radius 1 is 1.38 bits per heavy atom. The highest BCUT2D eigenvalue weighted by Gasteiger charge is 2.19. The van der Waals surface area contributed by atoms with E-state index in [1.165, 1.54) is 12.1 Å². The third-order valence-electron chi connectivity index (χ3n) is 4.29. The van der Waals surface area contributed by atoms with Crippen molar-refractivity contribution in [2.45, 2.75) is 25.9 Å². The monoisotopic (exact) mass is 327 g/mol. The van der Waals surface area contributed by atoms with E-state index in [4.69, 9.17) is 4.42 Å². The first kappa shape index (κ1) is 15.0. The summed E-state index contributed by atoms with van der Waals surface area (Å²) >= 11 is 0. The van der Waals surface area contributed by atoms with Crippen LogP contribution >= 0.6 is 0 Å². The number of oxazole rings is 1. The molecule has 0 spiro atoms. The molecule has 0 bridgehead atoms. The Morgan fingerprint density at radius 3 is 3.25 bits per heavy atom. The molecule has 0 amide bonds. The molecular weight excluding hydrogens is 309 g/mol. The van der Waals surface area contributed by atoms with Gasteiger partial charge in [0.1, 0.15) is 24.2 Å². The number of fused-ring (bicyclic) bond motifs is 1. The lowest BCUT2D eigenvalue weighted by Gasteiger charge is -2.23. The molecule has 1 atom stereocenters. The number of benzene rings is 1. The topological polar surface area (TPSA) is 68.8 Å². The maximum absolute atomic E-state index is 13.3. The molecule has 3 aromatic rings. The second kappa shape index (κ2) is 6.52. The molecule has 1 aromatic carbocycles. The Hall–Kier alpha value is -2.54. The number of aryl methyl sites for hydroxylation is 1. The molecule has 1 aliphatic rings. The van der Waals surface area contributed by atoms with Gasteiger partial charge in [0.2, 0.25) is 5.89 Å². The Bertz CT molecular complexity index is 828. The van der Waals surface area contributed by atoms with Gasteiger partial charge >= 0.3 is 0 Å². The lowest BCUT2D eigenvalue weighted by atomic mass is 9.99. The summed E-state index contributed by atoms with van der Waals surface area (Å²) in [6.45, 7) is 2.48. The van der Waals surface area contributed by atoms with Crippen LogP contribution in [-0.4, -0.2) is 26.3 Å². The molecule has 1 N–H and O–H groups in total. The van der Waals surface area contributed by atoms with Crippen molar-refractivity contribution in [1.82, 2.24) is 25.1 Å². The fourth-order valence-electron chi connectivity index (χ4n) is 3.04. The first-order chi connectivity index (χ1) is 11.8. The largest absolute Gasteiger partial charge is 0.444 e. The Labute approximate surface area is 138 Å². The van der Waals surface area contributed by atoms with Gasteiger partial charge in [0.15, 0.2) is 0 Å². The van der Waals surface area contributed by atoms with E-state index in [0.29, 0.717) is 23.9 Å². The van der Waals surface area contributed by atoms with Gasteiger partial charge in [0.05, 0.1) is 5.69 Å². The second-order valence-electron chi connectivity index (χ2n) is 6.09. The van der Waals surface area contributed by atoms with Crippen LogP contribution in [0.1, 0.15) is 17.9 Å². The number of aromatic nitrogens is 4. The fraction of sp³-hybridized carbons (Fsp3) is 0.353. The van der Waals surface area contributed by atoms with Crippen molar-refractivity contribution in [3.8, 4) is 11.5 Å². The van der Waals surface area contributed by atoms with Crippen molar-refractivity contribution in [3.63, 3.8) is 0 Å². The molecule has 3 heterocycles. The quantitative estimate of drug-likeness (QED) is 0.779. The predicted molar refractivity (Wildman–Crippen MR) is 85.4 cm³/mol. The molecule has 6 nitrogen and oxygen atoms in total. The van der Waals surface area contributed by atoms with E-state index in [2.05, 4.69) is 25.1 Å². The van der Waals surface area contributed by atoms with E-state index >= 15 is 0 Å². The van der Waals surface area contributed by atoms with Gasteiger partial charge in [-0.1, -0.05) is 6.07 Å². The number of rotatable bonds is 5. The summed E-state index contributed by atoms with van der Waals surface area (Å²) in [7, 11) is 0. The maximum atomic E-state index is 13.3. The van der Waals surface area contributed by atoms with Crippen molar-refractivity contribution in [2.24, 2.45) is 5.92 Å². The minimum absolute atomic E-state index is 0.295. The number of halogens is 1. The molecule has 0 radical (unpaired) electrons. The van der Waals surface area contributed by atoms with Crippen molar-refractivity contribution in [2.75, 3.05) is 6.54 Å². The van der Waals surface area contributed by atoms with E-state index in [1.54, 1.807) is 24.7 Å². The molecular formula is C17H18FN5O. The van der Waals surface area contributed by atoms with Crippen molar-refractivity contribution in [1.29, 1.82) is 0 Å². The van der Waals surface area contributed by atoms with Gasteiger partial charge in [-0.25, -0.2) is 9.37 Å². The fourth-order valence-corrected chi connectivity index (χ4v) is 3.04. The summed E-state index contributed by atoms with van der Waals surface area (Å²) in [5.41, 5.74) is 1.46. The van der Waals surface area contributed by atoms with E-state index in [1.807, 2.05) is 0 Å². The van der Waals surface area contributed by atoms with E-state index in [0.717, 1.165) is 37.4 Å². The Morgan fingerprint density at radius 2 is 2.33 bits per heavy atom. The molecule has 1 aliphatic heterocycles. The summed E-state index contributed by atoms with van der Waals surface area (Å²) in [5.74, 6) is 1.78. The summed E-state index contributed by atoms with van der Waals surface area (Å²) in [5, 5.41) is 11.5. The van der Waals surface area contributed by atoms with Crippen LogP contribution in [0.25, 0.3) is 11.5 Å². The van der Waals surface area contributed by atoms with Crippen LogP contribution in [0.5, 0.6) is 0 Å². The number of hydrogen-bond acceptors (Lipinski definition) is 5. The van der Waals surface area contributed by atoms with Gasteiger partial charge in [-0.3, -0.25) is 0 Å². The summed E-state index contributed by atoms with van der Waals surface area (Å²) in [4.78, 5) is 4.41. The number of nitrogens with zero attached hydrogens (tertiary/aromatic N) is 4. The van der Waals surface area contributed by atoms with Crippen LogP contribution in [0, 0.1) is 11.7 Å². The summed E-state index contributed by atoms with van der Waals surface area (Å²) in [6, 6.07) is 6.25. The van der Waals surface area contributed by atoms with Crippen molar-refractivity contribution >= 4 is 0 Å². The maximum Gasteiger partial charge on any atom is 0.226 e. The average Bonchev–Trinajstić information content (AvgIpc) is 3.23. The van der Waals surface area contributed by atoms with E-state index in [-0.39, 0.29) is 5.82 Å². The van der Waals surface area contributed by atoms with Crippen LogP contribution in [-0.2, 0) is 19.5 Å². The zero-order valence-corrected chi connectivity index (χ0v) is 13.2. The Kier molecular flexibility index (Phi) is 4.08. The van der Waals surface area contributed by atoms with Crippen molar-refractivity contribution in [3.05, 3.63) is 54.2 Å². The normalized spacial score (nSPS) is 17.0. The highest BCUT2D eigenvalue weighted by Crippen LogP contribution is 2.20. The second-order valence-corrected chi connectivity index (χ2v) is 6.09. The molecule has 4 rings (SSSR count). The average molecular weight is 327 g/mol. The molecule has 0 unspecified atom stereocenters. The van der Waals surface area contributed by atoms with E-state index in [9.17, 15) is 4.39 Å². The molecule has 0 fully saturated rings. The molecule has 0 saturated heterocycles. The van der Waals surface area contributed by atoms with Gasteiger partial charge < -0.3 is 14.3 Å². The third-order valence-corrected chi connectivity index (χ3v) is 4.29. The number of hydrogen-bond donors (Lipinski definition) is 1. The lowest BCUT2D eigenvalue weighted by Crippen LogP contribution is -2.29. The third kappa shape index (κ3) is 3.21. The van der Waals surface area contributed by atoms with Crippen molar-refractivity contribution < 1.29 is 8.81 Å². The summed E-state index contributed by atoms with van der Waals surface area (Å²) in [6.07, 6.45) is 5.50. The van der Waals surface area contributed by atoms with Gasteiger partial charge in [-0.15, -0.1) is 10.2 Å². The van der Waals surface area contributed by atoms with Gasteiger partial charge in [0, 0.05) is 31.6 Å². The highest BCUT2D eigenvalue weighted by atomic mass is 19.1. The van der Waals surface area contributed by atoms with Gasteiger partial charge in [0.25, 0.3) is 0 Å².